The van der Waals surface area contributed by atoms with Crippen LogP contribution in [-0.4, -0.2) is 120 Å². The van der Waals surface area contributed by atoms with Crippen LogP contribution in [0.4, 0.5) is 0 Å². The van der Waals surface area contributed by atoms with Gasteiger partial charge in [0.25, 0.3) is 0 Å². The van der Waals surface area contributed by atoms with Crippen molar-refractivity contribution in [2.24, 2.45) is 0 Å². The van der Waals surface area contributed by atoms with E-state index in [9.17, 15) is 0 Å². The average Bonchev–Trinajstić information content (AvgIpc) is 1.61. The van der Waals surface area contributed by atoms with Crippen molar-refractivity contribution in [3.05, 3.63) is 291 Å². The molecule has 24 bridgehead atoms. The third-order valence-electron chi connectivity index (χ3n) is 22.4. The Morgan fingerprint density at radius 2 is 0.187 bits per heavy atom. The Balaban J connectivity index is 0.000000109. The van der Waals surface area contributed by atoms with Gasteiger partial charge in [-0.05, 0) is 0 Å². The number of rotatable bonds is 0. The first-order chi connectivity index (χ1) is 59.4. The maximum atomic E-state index is 5.02. The molecule has 27 heteroatoms. The molecular formula is C96H54I3N24-3. The van der Waals surface area contributed by atoms with Crippen molar-refractivity contribution in [1.82, 2.24) is 120 Å². The Morgan fingerprint density at radius 1 is 0.106 bits per heavy atom. The summed E-state index contributed by atoms with van der Waals surface area (Å²) in [6, 6.07) is 96.7. The van der Waals surface area contributed by atoms with E-state index < -0.39 is 0 Å². The molecule has 0 saturated carbocycles. The van der Waals surface area contributed by atoms with Crippen LogP contribution in [0.15, 0.2) is 291 Å². The van der Waals surface area contributed by atoms with Crippen LogP contribution in [0.3, 0.4) is 0 Å². The minimum Gasteiger partial charge on any atom is -1.00 e. The van der Waals surface area contributed by atoms with Gasteiger partial charge in [0.15, 0.2) is 69.9 Å². The summed E-state index contributed by atoms with van der Waals surface area (Å²) in [6.07, 6.45) is 0. The number of hydrogen-bond acceptors (Lipinski definition) is 18. The predicted molar refractivity (Wildman–Crippen MR) is 468 cm³/mol. The largest absolute Gasteiger partial charge is 1.00 e. The molecule has 0 unspecified atom stereocenters. The van der Waals surface area contributed by atoms with Crippen molar-refractivity contribution in [2.75, 3.05) is 0 Å². The van der Waals surface area contributed by atoms with Gasteiger partial charge in [0.1, 0.15) is 67.8 Å². The zero-order valence-electron chi connectivity index (χ0n) is 63.9. The van der Waals surface area contributed by atoms with Crippen molar-refractivity contribution >= 4 is 132 Å². The van der Waals surface area contributed by atoms with Crippen molar-refractivity contribution in [3.63, 3.8) is 0 Å². The van der Waals surface area contributed by atoms with Crippen LogP contribution >= 0.6 is 0 Å². The number of H-pyrrole nitrogens is 6. The maximum absolute atomic E-state index is 5.02. The van der Waals surface area contributed by atoms with Crippen LogP contribution in [0, 0.1) is 0 Å². The minimum atomic E-state index is 0. The fourth-order valence-electron chi connectivity index (χ4n) is 16.8. The van der Waals surface area contributed by atoms with E-state index in [-0.39, 0.29) is 71.9 Å². The lowest BCUT2D eigenvalue weighted by molar-refractivity contribution is -0.001000. The molecule has 0 aliphatic carbocycles. The number of halogens is 3. The number of benzene rings is 12. The lowest BCUT2D eigenvalue weighted by Gasteiger charge is -1.96. The molecule has 0 spiro atoms. The molecule has 27 rings (SSSR count). The van der Waals surface area contributed by atoms with E-state index in [1.54, 1.807) is 0 Å². The van der Waals surface area contributed by atoms with Gasteiger partial charge >= 0.3 is 0 Å². The molecule has 0 fully saturated rings. The van der Waals surface area contributed by atoms with Crippen LogP contribution in [-0.2, 0) is 0 Å². The highest BCUT2D eigenvalue weighted by Gasteiger charge is 2.28. The Hall–Kier alpha value is -15.1. The summed E-state index contributed by atoms with van der Waals surface area (Å²) < 4.78 is 0. The van der Waals surface area contributed by atoms with Gasteiger partial charge in [0, 0.05) is 131 Å². The van der Waals surface area contributed by atoms with E-state index in [4.69, 9.17) is 89.7 Å². The fraction of sp³-hybridized carbons (Fsp3) is 0. The van der Waals surface area contributed by atoms with E-state index in [0.717, 1.165) is 131 Å². The fourth-order valence-corrected chi connectivity index (χ4v) is 16.8. The summed E-state index contributed by atoms with van der Waals surface area (Å²) in [6.45, 7) is 0. The standard InChI is InChI=1S/3C32H18N8.3HI/c3*1-2-10-18-17(9-1)25-33-26(18)38-28-21-13-5-6-14-22(21)30(35-28)40-32-24-16-8-7-15-23(24)31(36-32)39-29-20-12-4-3-11-19(20)27(34-29)37-25;;;/h3*1-16H,(H2,33,34,35,36,37,38,39,40);3*1H/p-3. The minimum absolute atomic E-state index is 0. The molecule has 12 aromatic carbocycles. The molecular weight excluding hydrogens is 1870 g/mol. The number of aromatic amines is 6. The molecule has 0 atom stereocenters. The van der Waals surface area contributed by atoms with Crippen LogP contribution in [0.25, 0.3) is 269 Å². The van der Waals surface area contributed by atoms with Gasteiger partial charge in [0.05, 0.1) is 0 Å². The molecule has 15 heterocycles. The molecule has 582 valence electrons. The maximum Gasteiger partial charge on any atom is 0.164 e. The van der Waals surface area contributed by atoms with Gasteiger partial charge in [-0.2, -0.15) is 0 Å². The van der Waals surface area contributed by atoms with Gasteiger partial charge < -0.3 is 102 Å². The number of nitrogens with zero attached hydrogens (tertiary/aromatic N) is 18. The lowest BCUT2D eigenvalue weighted by atomic mass is 10.1. The van der Waals surface area contributed by atoms with Crippen molar-refractivity contribution in [2.45, 2.75) is 0 Å². The third-order valence-corrected chi connectivity index (χ3v) is 22.4. The normalized spacial score (nSPS) is 11.7. The monoisotopic (exact) mass is 1920 g/mol. The highest BCUT2D eigenvalue weighted by atomic mass is 127. The lowest BCUT2D eigenvalue weighted by Crippen LogP contribution is -3.00. The molecule has 0 amide bonds. The molecule has 24 nitrogen and oxygen atoms in total. The molecule has 6 N–H and O–H groups in total. The second-order valence-corrected chi connectivity index (χ2v) is 29.4. The summed E-state index contributed by atoms with van der Waals surface area (Å²) in [5.74, 6) is 7.17. The first-order valence-corrected chi connectivity index (χ1v) is 39.0. The second kappa shape index (κ2) is 29.7. The molecule has 123 heavy (non-hydrogen) atoms. The van der Waals surface area contributed by atoms with Crippen molar-refractivity contribution in [1.29, 1.82) is 0 Å². The summed E-state index contributed by atoms with van der Waals surface area (Å²) in [4.78, 5) is 110. The number of fused-ring (bicyclic) bond motifs is 60. The third kappa shape index (κ3) is 12.3. The summed E-state index contributed by atoms with van der Waals surface area (Å²) >= 11 is 0. The molecule has 9 aromatic heterocycles. The van der Waals surface area contributed by atoms with E-state index in [1.165, 1.54) is 0 Å². The van der Waals surface area contributed by atoms with E-state index in [1.807, 2.05) is 291 Å². The van der Waals surface area contributed by atoms with Crippen LogP contribution in [0.2, 0.25) is 0 Å². The Bertz CT molecular complexity index is 6890. The molecule has 6 aliphatic heterocycles. The second-order valence-electron chi connectivity index (χ2n) is 29.4. The Morgan fingerprint density at radius 3 is 0.276 bits per heavy atom. The number of aromatic nitrogens is 24. The van der Waals surface area contributed by atoms with E-state index in [0.29, 0.717) is 138 Å². The summed E-state index contributed by atoms with van der Waals surface area (Å²) in [5, 5.41) is 11.5. The Labute approximate surface area is 745 Å². The van der Waals surface area contributed by atoms with Crippen LogP contribution < -0.4 is 71.9 Å². The van der Waals surface area contributed by atoms with Gasteiger partial charge in [0.2, 0.25) is 0 Å². The predicted octanol–water partition coefficient (Wildman–Crippen LogP) is 11.6. The van der Waals surface area contributed by atoms with Crippen molar-refractivity contribution in [3.8, 4) is 137 Å². The quantitative estimate of drug-likeness (QED) is 0.0768. The van der Waals surface area contributed by atoms with E-state index >= 15 is 0 Å². The first kappa shape index (κ1) is 74.2. The van der Waals surface area contributed by atoms with E-state index in [2.05, 4.69) is 29.9 Å². The van der Waals surface area contributed by atoms with Gasteiger partial charge in [-0.15, -0.1) is 0 Å². The highest BCUT2D eigenvalue weighted by molar-refractivity contribution is 6.11. The number of nitrogens with one attached hydrogen (secondary N) is 6. The average molecular weight is 1920 g/mol. The Kier molecular flexibility index (Phi) is 17.9. The first-order valence-electron chi connectivity index (χ1n) is 39.0. The van der Waals surface area contributed by atoms with Crippen molar-refractivity contribution < 1.29 is 71.9 Å². The molecule has 0 radical (unpaired) electrons. The smallest absolute Gasteiger partial charge is 0.164 e. The zero-order valence-corrected chi connectivity index (χ0v) is 70.4. The topological polar surface area (TPSA) is 327 Å². The van der Waals surface area contributed by atoms with Gasteiger partial charge in [-0.1, -0.05) is 291 Å². The van der Waals surface area contributed by atoms with Crippen LogP contribution in [0.1, 0.15) is 0 Å². The number of hydrogen-bond donors (Lipinski definition) is 6. The zero-order chi connectivity index (χ0) is 78.6. The SMILES string of the molecule is [I-].[I-].[I-].c1ccc2c(c1)-c1nc-2nc2[nH]c(nc3nc(nc4[nH]c(n1)c1ccccc41)-c1ccccc1-3)c1ccccc21.c1ccc2c(c1)-c1nc-2nc2[nH]c(nc3nc(nc4[nH]c(n1)c1ccccc41)-c1ccccc1-3)c1ccccc21.c1ccc2c(c1)-c1nc-2nc2[nH]c(nc3nc(nc4[nH]c(n1)c1ccccc41)-c1ccccc1-3)c1ccccc21. The van der Waals surface area contributed by atoms with Crippen LogP contribution in [0.5, 0.6) is 0 Å². The highest BCUT2D eigenvalue weighted by Crippen LogP contribution is 2.43. The molecule has 0 saturated heterocycles. The van der Waals surface area contributed by atoms with Gasteiger partial charge in [-0.3, -0.25) is 0 Å². The summed E-state index contributed by atoms with van der Waals surface area (Å²) in [7, 11) is 0. The van der Waals surface area contributed by atoms with Gasteiger partial charge in [-0.25, -0.2) is 89.7 Å². The summed E-state index contributed by atoms with van der Waals surface area (Å²) in [5.41, 5.74) is 19.3. The molecule has 6 aliphatic rings. The molecule has 21 aromatic rings.